The maximum absolute atomic E-state index is 10.5. The zero-order chi connectivity index (χ0) is 7.82. The van der Waals surface area contributed by atoms with E-state index in [1.165, 1.54) is 0 Å². The van der Waals surface area contributed by atoms with Gasteiger partial charge in [-0.3, -0.25) is 4.79 Å². The summed E-state index contributed by atoms with van der Waals surface area (Å²) in [5, 5.41) is 0.264. The van der Waals surface area contributed by atoms with Crippen LogP contribution in [-0.2, 0) is 14.3 Å². The third-order valence-electron chi connectivity index (χ3n) is 0.865. The second-order valence-corrected chi connectivity index (χ2v) is 2.26. The summed E-state index contributed by atoms with van der Waals surface area (Å²) in [6, 6.07) is 0. The van der Waals surface area contributed by atoms with Gasteiger partial charge in [-0.2, -0.15) is 0 Å². The molecule has 0 aromatic heterocycles. The van der Waals surface area contributed by atoms with Crippen LogP contribution in [-0.4, -0.2) is 31.6 Å². The number of carbonyl (C=O) groups is 1. The Morgan fingerprint density at radius 3 is 2.70 bits per heavy atom. The molecule has 0 aliphatic heterocycles. The molecule has 10 heavy (non-hydrogen) atoms. The highest BCUT2D eigenvalue weighted by Crippen LogP contribution is 1.88. The predicted molar refractivity (Wildman–Crippen MR) is 41.2 cm³/mol. The molecule has 0 aromatic rings. The van der Waals surface area contributed by atoms with E-state index in [0.717, 1.165) is 6.42 Å². The van der Waals surface area contributed by atoms with E-state index in [9.17, 15) is 4.79 Å². The second-order valence-electron chi connectivity index (χ2n) is 1.70. The molecule has 0 saturated carbocycles. The van der Waals surface area contributed by atoms with Gasteiger partial charge in [0.05, 0.1) is 6.61 Å². The lowest BCUT2D eigenvalue weighted by molar-refractivity contribution is -0.140. The van der Waals surface area contributed by atoms with Crippen LogP contribution in [0.2, 0.25) is 0 Å². The minimum Gasteiger partial charge on any atom is -0.465 e. The standard InChI is InChI=1S/C6H11BrO3/c1-9-3-2-4-10-6(8)5-7/h2-5H2,1H3. The Morgan fingerprint density at radius 2 is 2.20 bits per heavy atom. The number of methoxy groups -OCH3 is 1. The Hall–Kier alpha value is -0.0900. The molecule has 60 valence electrons. The molecular weight excluding hydrogens is 200 g/mol. The number of halogens is 1. The molecule has 0 saturated heterocycles. The van der Waals surface area contributed by atoms with Crippen molar-refractivity contribution >= 4 is 21.9 Å². The third-order valence-corrected chi connectivity index (χ3v) is 1.32. The molecule has 3 nitrogen and oxygen atoms in total. The van der Waals surface area contributed by atoms with Gasteiger partial charge in [0.25, 0.3) is 0 Å². The number of esters is 1. The normalized spacial score (nSPS) is 9.40. The van der Waals surface area contributed by atoms with E-state index in [2.05, 4.69) is 15.9 Å². The van der Waals surface area contributed by atoms with Crippen molar-refractivity contribution < 1.29 is 14.3 Å². The third kappa shape index (κ3) is 6.04. The molecule has 0 atom stereocenters. The lowest BCUT2D eigenvalue weighted by Crippen LogP contribution is -2.07. The Labute approximate surface area is 68.8 Å². The number of hydrogen-bond acceptors (Lipinski definition) is 3. The van der Waals surface area contributed by atoms with Crippen molar-refractivity contribution in [2.24, 2.45) is 0 Å². The minimum absolute atomic E-state index is 0.226. The van der Waals surface area contributed by atoms with Crippen molar-refractivity contribution in [3.63, 3.8) is 0 Å². The van der Waals surface area contributed by atoms with Gasteiger partial charge in [0.1, 0.15) is 5.33 Å². The molecule has 0 radical (unpaired) electrons. The molecule has 0 amide bonds. The van der Waals surface area contributed by atoms with Crippen molar-refractivity contribution in [2.75, 3.05) is 25.7 Å². The van der Waals surface area contributed by atoms with Crippen LogP contribution in [0.5, 0.6) is 0 Å². The Balaban J connectivity index is 2.96. The van der Waals surface area contributed by atoms with Crippen molar-refractivity contribution in [3.8, 4) is 0 Å². The van der Waals surface area contributed by atoms with Crippen LogP contribution >= 0.6 is 15.9 Å². The fourth-order valence-corrected chi connectivity index (χ4v) is 0.590. The molecule has 0 bridgehead atoms. The zero-order valence-corrected chi connectivity index (χ0v) is 7.52. The second kappa shape index (κ2) is 7.02. The average Bonchev–Trinajstić information content (AvgIpc) is 1.98. The molecule has 0 N–H and O–H groups in total. The Morgan fingerprint density at radius 1 is 1.50 bits per heavy atom. The summed E-state index contributed by atoms with van der Waals surface area (Å²) in [4.78, 5) is 10.5. The Bertz CT molecular complexity index is 95.0. The van der Waals surface area contributed by atoms with E-state index in [1.807, 2.05) is 0 Å². The van der Waals surface area contributed by atoms with Crippen LogP contribution in [0.1, 0.15) is 6.42 Å². The largest absolute Gasteiger partial charge is 0.465 e. The maximum atomic E-state index is 10.5. The lowest BCUT2D eigenvalue weighted by atomic mass is 10.5. The highest BCUT2D eigenvalue weighted by molar-refractivity contribution is 9.09. The van der Waals surface area contributed by atoms with Gasteiger partial charge >= 0.3 is 5.97 Å². The highest BCUT2D eigenvalue weighted by Gasteiger charge is 1.96. The molecule has 0 rings (SSSR count). The SMILES string of the molecule is COCCCOC(=O)CBr. The molecule has 4 heteroatoms. The Kier molecular flexibility index (Phi) is 6.96. The van der Waals surface area contributed by atoms with Gasteiger partial charge in [-0.15, -0.1) is 0 Å². The molecule has 0 aliphatic rings. The molecule has 0 aromatic carbocycles. The first-order valence-corrected chi connectivity index (χ1v) is 4.14. The first kappa shape index (κ1) is 9.91. The summed E-state index contributed by atoms with van der Waals surface area (Å²) < 4.78 is 9.48. The van der Waals surface area contributed by atoms with Gasteiger partial charge in [-0.25, -0.2) is 0 Å². The summed E-state index contributed by atoms with van der Waals surface area (Å²) in [5.74, 6) is -0.226. The van der Waals surface area contributed by atoms with Crippen molar-refractivity contribution in [2.45, 2.75) is 6.42 Å². The minimum atomic E-state index is -0.226. The van der Waals surface area contributed by atoms with E-state index in [0.29, 0.717) is 13.2 Å². The number of alkyl halides is 1. The van der Waals surface area contributed by atoms with Crippen molar-refractivity contribution in [1.29, 1.82) is 0 Å². The van der Waals surface area contributed by atoms with Crippen LogP contribution in [0.15, 0.2) is 0 Å². The maximum Gasteiger partial charge on any atom is 0.316 e. The molecule has 0 fully saturated rings. The summed E-state index contributed by atoms with van der Waals surface area (Å²) in [5.41, 5.74) is 0. The zero-order valence-electron chi connectivity index (χ0n) is 5.93. The van der Waals surface area contributed by atoms with Crippen molar-refractivity contribution in [1.82, 2.24) is 0 Å². The van der Waals surface area contributed by atoms with E-state index >= 15 is 0 Å². The van der Waals surface area contributed by atoms with Crippen molar-refractivity contribution in [3.05, 3.63) is 0 Å². The molecule has 0 aliphatic carbocycles. The monoisotopic (exact) mass is 210 g/mol. The van der Waals surface area contributed by atoms with Gasteiger partial charge in [0.15, 0.2) is 0 Å². The molecule has 0 unspecified atom stereocenters. The number of hydrogen-bond donors (Lipinski definition) is 0. The first-order valence-electron chi connectivity index (χ1n) is 3.01. The number of carbonyl (C=O) groups excluding carboxylic acids is 1. The summed E-state index contributed by atoms with van der Waals surface area (Å²) in [6.07, 6.45) is 0.759. The van der Waals surface area contributed by atoms with Crippen LogP contribution in [0.3, 0.4) is 0 Å². The van der Waals surface area contributed by atoms with Gasteiger partial charge in [0, 0.05) is 20.1 Å². The fraction of sp³-hybridized carbons (Fsp3) is 0.833. The topological polar surface area (TPSA) is 35.5 Å². The quantitative estimate of drug-likeness (QED) is 0.386. The van der Waals surface area contributed by atoms with E-state index in [1.54, 1.807) is 7.11 Å². The summed E-state index contributed by atoms with van der Waals surface area (Å²) in [7, 11) is 1.62. The van der Waals surface area contributed by atoms with Crippen LogP contribution in [0.4, 0.5) is 0 Å². The lowest BCUT2D eigenvalue weighted by Gasteiger charge is -2.00. The number of rotatable bonds is 5. The fourth-order valence-electron chi connectivity index (χ4n) is 0.428. The molecular formula is C6H11BrO3. The number of ether oxygens (including phenoxy) is 2. The van der Waals surface area contributed by atoms with E-state index in [-0.39, 0.29) is 11.3 Å². The van der Waals surface area contributed by atoms with Crippen LogP contribution in [0, 0.1) is 0 Å². The van der Waals surface area contributed by atoms with E-state index in [4.69, 9.17) is 9.47 Å². The first-order chi connectivity index (χ1) is 4.81. The van der Waals surface area contributed by atoms with Gasteiger partial charge in [-0.05, 0) is 0 Å². The molecule has 0 heterocycles. The molecule has 0 spiro atoms. The van der Waals surface area contributed by atoms with E-state index < -0.39 is 0 Å². The van der Waals surface area contributed by atoms with Gasteiger partial charge < -0.3 is 9.47 Å². The highest BCUT2D eigenvalue weighted by atomic mass is 79.9. The van der Waals surface area contributed by atoms with Crippen LogP contribution < -0.4 is 0 Å². The summed E-state index contributed by atoms with van der Waals surface area (Å²) in [6.45, 7) is 1.08. The van der Waals surface area contributed by atoms with Gasteiger partial charge in [0.2, 0.25) is 0 Å². The predicted octanol–water partition coefficient (Wildman–Crippen LogP) is 0.961. The average molecular weight is 211 g/mol. The summed E-state index contributed by atoms with van der Waals surface area (Å²) >= 11 is 2.98. The smallest absolute Gasteiger partial charge is 0.316 e. The van der Waals surface area contributed by atoms with Crippen LogP contribution in [0.25, 0.3) is 0 Å². The van der Waals surface area contributed by atoms with Gasteiger partial charge in [-0.1, -0.05) is 15.9 Å².